The zero-order chi connectivity index (χ0) is 15.1. The average Bonchev–Trinajstić information content (AvgIpc) is 2.86. The first-order valence-corrected chi connectivity index (χ1v) is 7.46. The van der Waals surface area contributed by atoms with Crippen molar-refractivity contribution in [1.29, 1.82) is 0 Å². The second-order valence-corrected chi connectivity index (χ2v) is 5.02. The van der Waals surface area contributed by atoms with Gasteiger partial charge >= 0.3 is 0 Å². The highest BCUT2D eigenvalue weighted by molar-refractivity contribution is 5.27. The van der Waals surface area contributed by atoms with E-state index in [9.17, 15) is 0 Å². The third kappa shape index (κ3) is 4.29. The van der Waals surface area contributed by atoms with Crippen LogP contribution in [0.2, 0.25) is 0 Å². The molecule has 0 unspecified atom stereocenters. The fourth-order valence-corrected chi connectivity index (χ4v) is 2.17. The predicted molar refractivity (Wildman–Crippen MR) is 81.5 cm³/mol. The molecule has 0 saturated carbocycles. The van der Waals surface area contributed by atoms with Gasteiger partial charge in [-0.25, -0.2) is 4.68 Å². The van der Waals surface area contributed by atoms with Gasteiger partial charge in [0.25, 0.3) is 0 Å². The fourth-order valence-electron chi connectivity index (χ4n) is 2.17. The molecule has 0 bridgehead atoms. The van der Waals surface area contributed by atoms with Gasteiger partial charge in [-0.1, -0.05) is 24.3 Å². The molecule has 5 nitrogen and oxygen atoms in total. The molecule has 0 atom stereocenters. The number of hydrogen-bond acceptors (Lipinski definition) is 4. The second-order valence-electron chi connectivity index (χ2n) is 5.02. The molecule has 2 rings (SSSR count). The first kappa shape index (κ1) is 15.5. The van der Waals surface area contributed by atoms with Gasteiger partial charge in [0, 0.05) is 26.0 Å². The van der Waals surface area contributed by atoms with E-state index >= 15 is 0 Å². The Morgan fingerprint density at radius 3 is 2.67 bits per heavy atom. The summed E-state index contributed by atoms with van der Waals surface area (Å²) in [5.74, 6) is 0.906. The highest BCUT2D eigenvalue weighted by Crippen LogP contribution is 2.13. The second kappa shape index (κ2) is 7.78. The van der Waals surface area contributed by atoms with Crippen molar-refractivity contribution >= 4 is 0 Å². The highest BCUT2D eigenvalue weighted by atomic mass is 16.5. The Morgan fingerprint density at radius 2 is 2.00 bits per heavy atom. The highest BCUT2D eigenvalue weighted by Gasteiger charge is 2.07. The molecule has 1 aromatic heterocycles. The van der Waals surface area contributed by atoms with Gasteiger partial charge in [0.05, 0.1) is 18.0 Å². The molecular weight excluding hydrogens is 266 g/mol. The topological polar surface area (TPSA) is 60.2 Å². The van der Waals surface area contributed by atoms with Gasteiger partial charge in [-0.3, -0.25) is 0 Å². The Morgan fingerprint density at radius 1 is 1.24 bits per heavy atom. The third-order valence-electron chi connectivity index (χ3n) is 3.54. The number of rotatable bonds is 8. The van der Waals surface area contributed by atoms with Crippen LogP contribution >= 0.6 is 0 Å². The lowest BCUT2D eigenvalue weighted by Crippen LogP contribution is -2.07. The SMILES string of the molecule is CCc1ccc(OCCCn2nnc(CCO)c2C)cc1. The largest absolute Gasteiger partial charge is 0.494 e. The van der Waals surface area contributed by atoms with Crippen molar-refractivity contribution in [2.45, 2.75) is 39.7 Å². The molecule has 0 aliphatic rings. The summed E-state index contributed by atoms with van der Waals surface area (Å²) < 4.78 is 7.59. The van der Waals surface area contributed by atoms with Gasteiger partial charge in [-0.15, -0.1) is 5.10 Å². The molecule has 21 heavy (non-hydrogen) atoms. The molecule has 0 fully saturated rings. The molecule has 0 saturated heterocycles. The Labute approximate surface area is 125 Å². The molecule has 1 aromatic carbocycles. The summed E-state index contributed by atoms with van der Waals surface area (Å²) in [6.07, 6.45) is 2.48. The van der Waals surface area contributed by atoms with E-state index in [-0.39, 0.29) is 6.61 Å². The van der Waals surface area contributed by atoms with Crippen LogP contribution in [0, 0.1) is 6.92 Å². The Balaban J connectivity index is 1.76. The van der Waals surface area contributed by atoms with E-state index in [0.717, 1.165) is 36.5 Å². The van der Waals surface area contributed by atoms with E-state index in [4.69, 9.17) is 9.84 Å². The van der Waals surface area contributed by atoms with E-state index in [1.807, 2.05) is 23.7 Å². The lowest BCUT2D eigenvalue weighted by atomic mass is 10.2. The van der Waals surface area contributed by atoms with Crippen molar-refractivity contribution in [3.8, 4) is 5.75 Å². The number of benzene rings is 1. The number of aryl methyl sites for hydroxylation is 2. The van der Waals surface area contributed by atoms with Gasteiger partial charge in [0.1, 0.15) is 5.75 Å². The summed E-state index contributed by atoms with van der Waals surface area (Å²) in [4.78, 5) is 0. The van der Waals surface area contributed by atoms with Crippen LogP contribution in [0.25, 0.3) is 0 Å². The van der Waals surface area contributed by atoms with E-state index < -0.39 is 0 Å². The van der Waals surface area contributed by atoms with E-state index in [0.29, 0.717) is 13.0 Å². The molecule has 1 N–H and O–H groups in total. The van der Waals surface area contributed by atoms with Crippen molar-refractivity contribution < 1.29 is 9.84 Å². The zero-order valence-electron chi connectivity index (χ0n) is 12.7. The van der Waals surface area contributed by atoms with Gasteiger partial charge in [0.15, 0.2) is 0 Å². The minimum absolute atomic E-state index is 0.108. The summed E-state index contributed by atoms with van der Waals surface area (Å²) >= 11 is 0. The summed E-state index contributed by atoms with van der Waals surface area (Å²) in [7, 11) is 0. The monoisotopic (exact) mass is 289 g/mol. The summed E-state index contributed by atoms with van der Waals surface area (Å²) in [5, 5.41) is 17.1. The molecule has 0 spiro atoms. The summed E-state index contributed by atoms with van der Waals surface area (Å²) in [6, 6.07) is 8.22. The maximum atomic E-state index is 8.93. The first-order chi connectivity index (χ1) is 10.2. The maximum Gasteiger partial charge on any atom is 0.119 e. The molecule has 0 aliphatic heterocycles. The van der Waals surface area contributed by atoms with Crippen LogP contribution in [-0.4, -0.2) is 33.3 Å². The molecule has 2 aromatic rings. The van der Waals surface area contributed by atoms with Gasteiger partial charge in [-0.2, -0.15) is 0 Å². The number of aromatic nitrogens is 3. The number of ether oxygens (including phenoxy) is 1. The smallest absolute Gasteiger partial charge is 0.119 e. The van der Waals surface area contributed by atoms with Crippen LogP contribution in [0.5, 0.6) is 5.75 Å². The minimum atomic E-state index is 0.108. The fraction of sp³-hybridized carbons (Fsp3) is 0.500. The zero-order valence-corrected chi connectivity index (χ0v) is 12.7. The molecule has 0 radical (unpaired) electrons. The lowest BCUT2D eigenvalue weighted by Gasteiger charge is -2.07. The molecule has 0 amide bonds. The first-order valence-electron chi connectivity index (χ1n) is 7.46. The van der Waals surface area contributed by atoms with E-state index in [1.165, 1.54) is 5.56 Å². The van der Waals surface area contributed by atoms with Crippen LogP contribution in [0.3, 0.4) is 0 Å². The van der Waals surface area contributed by atoms with Crippen LogP contribution in [-0.2, 0) is 19.4 Å². The number of aliphatic hydroxyl groups is 1. The standard InChI is InChI=1S/C16H23N3O2/c1-3-14-5-7-15(8-6-14)21-12-4-10-19-13(2)16(9-11-20)17-18-19/h5-8,20H,3-4,9-12H2,1-2H3. The van der Waals surface area contributed by atoms with E-state index in [1.54, 1.807) is 0 Å². The number of hydrogen-bond donors (Lipinski definition) is 1. The van der Waals surface area contributed by atoms with Crippen LogP contribution < -0.4 is 4.74 Å². The van der Waals surface area contributed by atoms with E-state index in [2.05, 4.69) is 29.4 Å². The van der Waals surface area contributed by atoms with Crippen molar-refractivity contribution in [3.05, 3.63) is 41.2 Å². The number of nitrogens with zero attached hydrogens (tertiary/aromatic N) is 3. The van der Waals surface area contributed by atoms with Crippen molar-refractivity contribution in [2.24, 2.45) is 0 Å². The number of aliphatic hydroxyl groups excluding tert-OH is 1. The molecule has 114 valence electrons. The third-order valence-corrected chi connectivity index (χ3v) is 3.54. The summed E-state index contributed by atoms with van der Waals surface area (Å²) in [5.41, 5.74) is 3.21. The van der Waals surface area contributed by atoms with Gasteiger partial charge in [0.2, 0.25) is 0 Å². The van der Waals surface area contributed by atoms with Crippen molar-refractivity contribution in [1.82, 2.24) is 15.0 Å². The molecule has 1 heterocycles. The quantitative estimate of drug-likeness (QED) is 0.756. The average molecular weight is 289 g/mol. The molecular formula is C16H23N3O2. The predicted octanol–water partition coefficient (Wildman–Crippen LogP) is 2.15. The van der Waals surface area contributed by atoms with Crippen LogP contribution in [0.4, 0.5) is 0 Å². The molecule has 5 heteroatoms. The molecule has 0 aliphatic carbocycles. The van der Waals surface area contributed by atoms with Crippen LogP contribution in [0.1, 0.15) is 30.3 Å². The Hall–Kier alpha value is -1.88. The lowest BCUT2D eigenvalue weighted by molar-refractivity contribution is 0.296. The Kier molecular flexibility index (Phi) is 5.75. The van der Waals surface area contributed by atoms with Crippen LogP contribution in [0.15, 0.2) is 24.3 Å². The summed E-state index contributed by atoms with van der Waals surface area (Å²) in [6.45, 7) is 5.66. The Bertz CT molecular complexity index is 549. The minimum Gasteiger partial charge on any atom is -0.494 e. The normalized spacial score (nSPS) is 10.8. The van der Waals surface area contributed by atoms with Gasteiger partial charge in [-0.05, 0) is 31.0 Å². The van der Waals surface area contributed by atoms with Gasteiger partial charge < -0.3 is 9.84 Å². The van der Waals surface area contributed by atoms with Crippen molar-refractivity contribution in [3.63, 3.8) is 0 Å². The maximum absolute atomic E-state index is 8.93. The van der Waals surface area contributed by atoms with Crippen molar-refractivity contribution in [2.75, 3.05) is 13.2 Å².